The van der Waals surface area contributed by atoms with E-state index in [0.29, 0.717) is 5.65 Å². The Balaban J connectivity index is 2.03. The predicted octanol–water partition coefficient (Wildman–Crippen LogP) is 2.26. The number of benzene rings is 1. The first kappa shape index (κ1) is 15.7. The Kier molecular flexibility index (Phi) is 3.89. The molecule has 25 heavy (non-hydrogen) atoms. The van der Waals surface area contributed by atoms with E-state index in [1.54, 1.807) is 0 Å². The van der Waals surface area contributed by atoms with Gasteiger partial charge in [0.2, 0.25) is 0 Å². The summed E-state index contributed by atoms with van der Waals surface area (Å²) in [6.45, 7) is 1.65. The number of nitrogens with two attached hydrogens (primary N) is 2. The number of hydrogen-bond acceptors (Lipinski definition) is 4. The number of anilines is 1. The van der Waals surface area contributed by atoms with Crippen molar-refractivity contribution in [1.82, 2.24) is 9.97 Å². The summed E-state index contributed by atoms with van der Waals surface area (Å²) < 4.78 is 0. The van der Waals surface area contributed by atoms with Crippen molar-refractivity contribution in [2.75, 3.05) is 18.0 Å². The number of fused-ring (bicyclic) bond motifs is 1. The van der Waals surface area contributed by atoms with Crippen LogP contribution in [0, 0.1) is 0 Å². The van der Waals surface area contributed by atoms with E-state index in [-0.39, 0.29) is 11.7 Å². The second kappa shape index (κ2) is 6.22. The Hall–Kier alpha value is -2.86. The number of nitrogens with one attached hydrogen (secondary N) is 1. The van der Waals surface area contributed by atoms with Gasteiger partial charge in [-0.15, -0.1) is 0 Å². The zero-order chi connectivity index (χ0) is 17.4. The number of carbonyl (C=O) groups is 1. The molecule has 0 unspecified atom stereocenters. The van der Waals surface area contributed by atoms with E-state index >= 15 is 0 Å². The highest BCUT2D eigenvalue weighted by Gasteiger charge is 2.26. The third kappa shape index (κ3) is 2.74. The van der Waals surface area contributed by atoms with E-state index < -0.39 is 5.91 Å². The summed E-state index contributed by atoms with van der Waals surface area (Å²) in [5.41, 5.74) is 15.6. The molecule has 6 nitrogen and oxygen atoms in total. The zero-order valence-corrected chi connectivity index (χ0v) is 13.9. The zero-order valence-electron chi connectivity index (χ0n) is 13.9. The molecule has 1 amide bonds. The third-order valence-corrected chi connectivity index (χ3v) is 4.75. The van der Waals surface area contributed by atoms with E-state index in [1.165, 1.54) is 0 Å². The fourth-order valence-corrected chi connectivity index (χ4v) is 3.66. The molecule has 0 aliphatic carbocycles. The Morgan fingerprint density at radius 2 is 2.04 bits per heavy atom. The number of pyridine rings is 1. The molecule has 1 atom stereocenters. The standard InChI is InChI=1S/C19H21N5O/c20-13-7-4-10-24(11-13)17-14-8-9-22-19(14)23-16(18(21)25)15(17)12-5-2-1-3-6-12/h1-3,5-6,8-9,13H,4,7,10-11,20H2,(H2,21,25)(H,22,23)/t13-/m1/s1. The molecule has 3 heterocycles. The van der Waals surface area contributed by atoms with Crippen LogP contribution in [0.25, 0.3) is 22.2 Å². The van der Waals surface area contributed by atoms with Gasteiger partial charge in [-0.1, -0.05) is 30.3 Å². The summed E-state index contributed by atoms with van der Waals surface area (Å²) in [6, 6.07) is 11.9. The molecule has 128 valence electrons. The summed E-state index contributed by atoms with van der Waals surface area (Å²) in [5, 5.41) is 0.984. The number of aromatic nitrogens is 2. The van der Waals surface area contributed by atoms with Gasteiger partial charge in [0.25, 0.3) is 5.91 Å². The minimum Gasteiger partial charge on any atom is -0.369 e. The van der Waals surface area contributed by atoms with E-state index in [9.17, 15) is 4.79 Å². The summed E-state index contributed by atoms with van der Waals surface area (Å²) >= 11 is 0. The van der Waals surface area contributed by atoms with Gasteiger partial charge in [0, 0.05) is 36.3 Å². The number of primary amides is 1. The van der Waals surface area contributed by atoms with Gasteiger partial charge in [-0.2, -0.15) is 0 Å². The number of amides is 1. The average Bonchev–Trinajstić information content (AvgIpc) is 3.09. The number of nitrogens with zero attached hydrogens (tertiary/aromatic N) is 2. The number of carbonyl (C=O) groups excluding carboxylic acids is 1. The molecule has 4 rings (SSSR count). The van der Waals surface area contributed by atoms with E-state index in [4.69, 9.17) is 11.5 Å². The summed E-state index contributed by atoms with van der Waals surface area (Å²) in [4.78, 5) is 22.0. The normalized spacial score (nSPS) is 17.8. The highest BCUT2D eigenvalue weighted by molar-refractivity contribution is 6.09. The van der Waals surface area contributed by atoms with Gasteiger partial charge in [0.15, 0.2) is 0 Å². The largest absolute Gasteiger partial charge is 0.369 e. The van der Waals surface area contributed by atoms with E-state index in [2.05, 4.69) is 14.9 Å². The first-order chi connectivity index (χ1) is 12.1. The topological polar surface area (TPSA) is 101 Å². The maximum absolute atomic E-state index is 12.2. The molecule has 0 bridgehead atoms. The van der Waals surface area contributed by atoms with Gasteiger partial charge in [-0.05, 0) is 24.5 Å². The van der Waals surface area contributed by atoms with Crippen LogP contribution in [0.3, 0.4) is 0 Å². The molecule has 1 fully saturated rings. The smallest absolute Gasteiger partial charge is 0.268 e. The summed E-state index contributed by atoms with van der Waals surface area (Å²) in [5.74, 6) is -0.530. The number of piperidine rings is 1. The second-order valence-electron chi connectivity index (χ2n) is 6.50. The fraction of sp³-hybridized carbons (Fsp3) is 0.263. The highest BCUT2D eigenvalue weighted by atomic mass is 16.1. The van der Waals surface area contributed by atoms with Gasteiger partial charge < -0.3 is 21.4 Å². The lowest BCUT2D eigenvalue weighted by Crippen LogP contribution is -2.43. The van der Waals surface area contributed by atoms with Crippen LogP contribution in [0.5, 0.6) is 0 Å². The van der Waals surface area contributed by atoms with Crippen LogP contribution in [-0.2, 0) is 0 Å². The summed E-state index contributed by atoms with van der Waals surface area (Å²) in [6.07, 6.45) is 3.88. The Bertz CT molecular complexity index is 918. The number of aromatic amines is 1. The molecule has 1 aliphatic heterocycles. The van der Waals surface area contributed by atoms with Crippen LogP contribution >= 0.6 is 0 Å². The Labute approximate surface area is 145 Å². The lowest BCUT2D eigenvalue weighted by molar-refractivity contribution is 0.0996. The van der Waals surface area contributed by atoms with Crippen molar-refractivity contribution in [2.45, 2.75) is 18.9 Å². The third-order valence-electron chi connectivity index (χ3n) is 4.75. The SMILES string of the molecule is NC(=O)c1nc2[nH]ccc2c(N2CCC[C@@H](N)C2)c1-c1ccccc1. The monoisotopic (exact) mass is 335 g/mol. The van der Waals surface area contributed by atoms with Crippen molar-refractivity contribution < 1.29 is 4.79 Å². The molecule has 6 heteroatoms. The molecular weight excluding hydrogens is 314 g/mol. The minimum absolute atomic E-state index is 0.122. The van der Waals surface area contributed by atoms with Crippen molar-refractivity contribution in [1.29, 1.82) is 0 Å². The van der Waals surface area contributed by atoms with Crippen LogP contribution in [0.15, 0.2) is 42.6 Å². The quantitative estimate of drug-likeness (QED) is 0.683. The van der Waals surface area contributed by atoms with Crippen LogP contribution in [-0.4, -0.2) is 35.0 Å². The van der Waals surface area contributed by atoms with Crippen LogP contribution in [0.1, 0.15) is 23.3 Å². The van der Waals surface area contributed by atoms with E-state index in [0.717, 1.165) is 48.1 Å². The van der Waals surface area contributed by atoms with E-state index in [1.807, 2.05) is 42.6 Å². The molecule has 2 aromatic heterocycles. The predicted molar refractivity (Wildman–Crippen MR) is 99.5 cm³/mol. The molecule has 0 spiro atoms. The molecule has 0 saturated carbocycles. The van der Waals surface area contributed by atoms with Crippen molar-refractivity contribution in [3.05, 3.63) is 48.3 Å². The van der Waals surface area contributed by atoms with Gasteiger partial charge in [0.1, 0.15) is 11.3 Å². The van der Waals surface area contributed by atoms with Gasteiger partial charge in [-0.25, -0.2) is 4.98 Å². The molecule has 1 aromatic carbocycles. The Morgan fingerprint density at radius 1 is 1.24 bits per heavy atom. The Morgan fingerprint density at radius 3 is 2.76 bits per heavy atom. The van der Waals surface area contributed by atoms with Crippen LogP contribution in [0.4, 0.5) is 5.69 Å². The van der Waals surface area contributed by atoms with Gasteiger partial charge >= 0.3 is 0 Å². The molecule has 1 aliphatic rings. The fourth-order valence-electron chi connectivity index (χ4n) is 3.66. The summed E-state index contributed by atoms with van der Waals surface area (Å²) in [7, 11) is 0. The lowest BCUT2D eigenvalue weighted by atomic mass is 9.96. The van der Waals surface area contributed by atoms with Crippen LogP contribution in [0.2, 0.25) is 0 Å². The highest BCUT2D eigenvalue weighted by Crippen LogP contribution is 2.39. The maximum Gasteiger partial charge on any atom is 0.268 e. The van der Waals surface area contributed by atoms with Crippen LogP contribution < -0.4 is 16.4 Å². The molecule has 0 radical (unpaired) electrons. The first-order valence-corrected chi connectivity index (χ1v) is 8.52. The first-order valence-electron chi connectivity index (χ1n) is 8.52. The average molecular weight is 335 g/mol. The van der Waals surface area contributed by atoms with Crippen molar-refractivity contribution >= 4 is 22.6 Å². The number of hydrogen-bond donors (Lipinski definition) is 3. The molecule has 5 N–H and O–H groups in total. The van der Waals surface area contributed by atoms with Crippen molar-refractivity contribution in [2.24, 2.45) is 11.5 Å². The maximum atomic E-state index is 12.2. The molecular formula is C19H21N5O. The number of rotatable bonds is 3. The minimum atomic E-state index is -0.530. The van der Waals surface area contributed by atoms with Crippen molar-refractivity contribution in [3.63, 3.8) is 0 Å². The molecule has 3 aromatic rings. The lowest BCUT2D eigenvalue weighted by Gasteiger charge is -2.34. The van der Waals surface area contributed by atoms with Gasteiger partial charge in [0.05, 0.1) is 5.69 Å². The number of H-pyrrole nitrogens is 1. The molecule has 1 saturated heterocycles. The second-order valence-corrected chi connectivity index (χ2v) is 6.50. The van der Waals surface area contributed by atoms with Crippen molar-refractivity contribution in [3.8, 4) is 11.1 Å². The van der Waals surface area contributed by atoms with Gasteiger partial charge in [-0.3, -0.25) is 4.79 Å².